The summed E-state index contributed by atoms with van der Waals surface area (Å²) in [7, 11) is 0. The van der Waals surface area contributed by atoms with Crippen LogP contribution in [-0.4, -0.2) is 21.1 Å². The number of hydrogen-bond acceptors (Lipinski definition) is 4. The van der Waals surface area contributed by atoms with Crippen LogP contribution in [0, 0.1) is 6.92 Å². The molecule has 2 heterocycles. The van der Waals surface area contributed by atoms with Crippen molar-refractivity contribution in [3.63, 3.8) is 0 Å². The third-order valence-corrected chi connectivity index (χ3v) is 2.94. The van der Waals surface area contributed by atoms with Crippen molar-refractivity contribution in [3.8, 4) is 0 Å². The van der Waals surface area contributed by atoms with E-state index in [-0.39, 0.29) is 0 Å². The second-order valence-electron chi connectivity index (χ2n) is 3.41. The van der Waals surface area contributed by atoms with Gasteiger partial charge in [-0.2, -0.15) is 0 Å². The Balaban J connectivity index is 2.09. The van der Waals surface area contributed by atoms with Crippen molar-refractivity contribution in [2.75, 3.05) is 11.9 Å². The van der Waals surface area contributed by atoms with E-state index in [2.05, 4.69) is 27.2 Å². The van der Waals surface area contributed by atoms with Gasteiger partial charge in [-0.1, -0.05) is 6.08 Å². The molecule has 2 rings (SSSR count). The summed E-state index contributed by atoms with van der Waals surface area (Å²) in [6.07, 6.45) is 5.54. The highest BCUT2D eigenvalue weighted by Gasteiger charge is 2.04. The first-order chi connectivity index (χ1) is 7.79. The predicted molar refractivity (Wildman–Crippen MR) is 66.9 cm³/mol. The van der Waals surface area contributed by atoms with Gasteiger partial charge in [-0.25, -0.2) is 9.97 Å². The predicted octanol–water partition coefficient (Wildman–Crippen LogP) is 2.29. The van der Waals surface area contributed by atoms with Gasteiger partial charge in [-0.05, 0) is 6.92 Å². The summed E-state index contributed by atoms with van der Waals surface area (Å²) in [6.45, 7) is 7.15. The van der Waals surface area contributed by atoms with E-state index in [1.165, 1.54) is 0 Å². The van der Waals surface area contributed by atoms with Gasteiger partial charge in [0.1, 0.15) is 0 Å². The molecule has 84 valence electrons. The highest BCUT2D eigenvalue weighted by Crippen LogP contribution is 2.12. The minimum Gasteiger partial charge on any atom is -0.352 e. The molecule has 0 aromatic carbocycles. The molecule has 0 amide bonds. The standard InChI is InChI=1S/C11H14N4S/c1-3-4-12-11-13-5-6-15(11)7-10-8-16-9(2)14-10/h3,5-6,8H,1,4,7H2,2H3,(H,12,13). The number of aryl methyl sites for hydroxylation is 1. The number of hydrogen-bond donors (Lipinski definition) is 1. The number of rotatable bonds is 5. The van der Waals surface area contributed by atoms with Crippen molar-refractivity contribution in [2.24, 2.45) is 0 Å². The monoisotopic (exact) mass is 234 g/mol. The average molecular weight is 234 g/mol. The molecule has 0 radical (unpaired) electrons. The van der Waals surface area contributed by atoms with Crippen LogP contribution in [0.3, 0.4) is 0 Å². The van der Waals surface area contributed by atoms with E-state index in [4.69, 9.17) is 0 Å². The second kappa shape index (κ2) is 4.94. The number of anilines is 1. The molecule has 0 aliphatic heterocycles. The molecule has 0 saturated heterocycles. The molecule has 5 heteroatoms. The van der Waals surface area contributed by atoms with Crippen molar-refractivity contribution < 1.29 is 0 Å². The van der Waals surface area contributed by atoms with Crippen molar-refractivity contribution in [2.45, 2.75) is 13.5 Å². The van der Waals surface area contributed by atoms with Gasteiger partial charge < -0.3 is 9.88 Å². The molecular weight excluding hydrogens is 220 g/mol. The van der Waals surface area contributed by atoms with E-state index in [0.29, 0.717) is 6.54 Å². The maximum atomic E-state index is 4.43. The van der Waals surface area contributed by atoms with Crippen LogP contribution >= 0.6 is 11.3 Å². The summed E-state index contributed by atoms with van der Waals surface area (Å²) < 4.78 is 2.04. The molecule has 0 unspecified atom stereocenters. The van der Waals surface area contributed by atoms with Crippen LogP contribution in [0.1, 0.15) is 10.7 Å². The zero-order chi connectivity index (χ0) is 11.4. The third kappa shape index (κ3) is 2.49. The first-order valence-electron chi connectivity index (χ1n) is 5.06. The topological polar surface area (TPSA) is 42.7 Å². The van der Waals surface area contributed by atoms with Gasteiger partial charge in [0.15, 0.2) is 0 Å². The SMILES string of the molecule is C=CCNc1nccn1Cc1csc(C)n1. The minimum absolute atomic E-state index is 0.715. The maximum absolute atomic E-state index is 4.43. The quantitative estimate of drug-likeness (QED) is 0.807. The van der Waals surface area contributed by atoms with Gasteiger partial charge in [-0.3, -0.25) is 0 Å². The molecule has 0 aliphatic rings. The first kappa shape index (κ1) is 10.9. The molecule has 2 aromatic rings. The van der Waals surface area contributed by atoms with E-state index in [0.717, 1.165) is 23.2 Å². The van der Waals surface area contributed by atoms with Gasteiger partial charge in [0.05, 0.1) is 17.2 Å². The summed E-state index contributed by atoms with van der Waals surface area (Å²) in [5.41, 5.74) is 1.07. The highest BCUT2D eigenvalue weighted by molar-refractivity contribution is 7.09. The number of nitrogens with zero attached hydrogens (tertiary/aromatic N) is 3. The Hall–Kier alpha value is -1.62. The summed E-state index contributed by atoms with van der Waals surface area (Å²) >= 11 is 1.67. The van der Waals surface area contributed by atoms with Gasteiger partial charge in [0.25, 0.3) is 0 Å². The lowest BCUT2D eigenvalue weighted by atomic mass is 10.5. The van der Waals surface area contributed by atoms with Crippen molar-refractivity contribution in [1.29, 1.82) is 0 Å². The Morgan fingerprint density at radius 3 is 3.19 bits per heavy atom. The summed E-state index contributed by atoms with van der Waals surface area (Å²) in [6, 6.07) is 0. The number of imidazole rings is 1. The fraction of sp³-hybridized carbons (Fsp3) is 0.273. The molecule has 16 heavy (non-hydrogen) atoms. The fourth-order valence-electron chi connectivity index (χ4n) is 1.42. The summed E-state index contributed by atoms with van der Waals surface area (Å²) in [4.78, 5) is 8.67. The van der Waals surface area contributed by atoms with Crippen LogP contribution < -0.4 is 5.32 Å². The van der Waals surface area contributed by atoms with E-state index in [1.807, 2.05) is 23.8 Å². The van der Waals surface area contributed by atoms with E-state index in [1.54, 1.807) is 17.5 Å². The maximum Gasteiger partial charge on any atom is 0.203 e. The number of nitrogens with one attached hydrogen (secondary N) is 1. The molecule has 0 atom stereocenters. The van der Waals surface area contributed by atoms with E-state index < -0.39 is 0 Å². The van der Waals surface area contributed by atoms with Crippen LogP contribution in [-0.2, 0) is 6.54 Å². The Morgan fingerprint density at radius 2 is 2.50 bits per heavy atom. The third-order valence-electron chi connectivity index (χ3n) is 2.12. The average Bonchev–Trinajstić information content (AvgIpc) is 2.86. The molecule has 4 nitrogen and oxygen atoms in total. The molecule has 2 aromatic heterocycles. The Kier molecular flexibility index (Phi) is 3.36. The second-order valence-corrected chi connectivity index (χ2v) is 4.47. The largest absolute Gasteiger partial charge is 0.352 e. The normalized spacial score (nSPS) is 10.3. The number of aromatic nitrogens is 3. The lowest BCUT2D eigenvalue weighted by Crippen LogP contribution is -2.08. The first-order valence-corrected chi connectivity index (χ1v) is 5.94. The lowest BCUT2D eigenvalue weighted by Gasteiger charge is -2.06. The van der Waals surface area contributed by atoms with Crippen LogP contribution in [0.4, 0.5) is 5.95 Å². The Morgan fingerprint density at radius 1 is 1.62 bits per heavy atom. The van der Waals surface area contributed by atoms with Crippen molar-refractivity contribution in [3.05, 3.63) is 41.1 Å². The van der Waals surface area contributed by atoms with Gasteiger partial charge >= 0.3 is 0 Å². The molecule has 1 N–H and O–H groups in total. The number of thiazole rings is 1. The summed E-state index contributed by atoms with van der Waals surface area (Å²) in [5.74, 6) is 0.852. The van der Waals surface area contributed by atoms with Gasteiger partial charge in [0, 0.05) is 24.3 Å². The van der Waals surface area contributed by atoms with Crippen LogP contribution in [0.15, 0.2) is 30.4 Å². The molecule has 0 spiro atoms. The molecule has 0 saturated carbocycles. The van der Waals surface area contributed by atoms with Crippen LogP contribution in [0.2, 0.25) is 0 Å². The van der Waals surface area contributed by atoms with Crippen molar-refractivity contribution >= 4 is 17.3 Å². The summed E-state index contributed by atoms with van der Waals surface area (Å²) in [5, 5.41) is 6.35. The fourth-order valence-corrected chi connectivity index (χ4v) is 2.03. The smallest absolute Gasteiger partial charge is 0.203 e. The van der Waals surface area contributed by atoms with Gasteiger partial charge in [-0.15, -0.1) is 17.9 Å². The molecule has 0 aliphatic carbocycles. The lowest BCUT2D eigenvalue weighted by molar-refractivity contribution is 0.781. The van der Waals surface area contributed by atoms with Gasteiger partial charge in [0.2, 0.25) is 5.95 Å². The minimum atomic E-state index is 0.715. The zero-order valence-corrected chi connectivity index (χ0v) is 10.00. The Labute approximate surface area is 98.7 Å². The van der Waals surface area contributed by atoms with Crippen molar-refractivity contribution in [1.82, 2.24) is 14.5 Å². The Bertz CT molecular complexity index is 472. The zero-order valence-electron chi connectivity index (χ0n) is 9.18. The van der Waals surface area contributed by atoms with Crippen LogP contribution in [0.25, 0.3) is 0 Å². The molecule has 0 fully saturated rings. The molecular formula is C11H14N4S. The van der Waals surface area contributed by atoms with Crippen LogP contribution in [0.5, 0.6) is 0 Å². The van der Waals surface area contributed by atoms with E-state index in [9.17, 15) is 0 Å². The highest BCUT2D eigenvalue weighted by atomic mass is 32.1. The molecule has 0 bridgehead atoms. The van der Waals surface area contributed by atoms with E-state index >= 15 is 0 Å².